The summed E-state index contributed by atoms with van der Waals surface area (Å²) >= 11 is 6.34. The van der Waals surface area contributed by atoms with Crippen LogP contribution < -0.4 is 5.32 Å². The highest BCUT2D eigenvalue weighted by atomic mass is 35.5. The Morgan fingerprint density at radius 3 is 2.52 bits per heavy atom. The summed E-state index contributed by atoms with van der Waals surface area (Å²) < 4.78 is 25.4. The lowest BCUT2D eigenvalue weighted by Gasteiger charge is -2.05. The summed E-state index contributed by atoms with van der Waals surface area (Å²) in [6.07, 6.45) is 5.05. The Hall–Kier alpha value is -2.12. The van der Waals surface area contributed by atoms with E-state index < -0.39 is 9.84 Å². The Morgan fingerprint density at radius 1 is 1.26 bits per heavy atom. The minimum atomic E-state index is -3.25. The zero-order chi connectivity index (χ0) is 20.0. The van der Waals surface area contributed by atoms with Gasteiger partial charge in [-0.3, -0.25) is 9.48 Å². The molecule has 0 aliphatic carbocycles. The summed E-state index contributed by atoms with van der Waals surface area (Å²) in [7, 11) is -3.25. The van der Waals surface area contributed by atoms with Crippen LogP contribution in [0, 0.1) is 6.92 Å². The van der Waals surface area contributed by atoms with Crippen LogP contribution >= 0.6 is 11.6 Å². The normalized spacial score (nSPS) is 11.9. The van der Waals surface area contributed by atoms with Crippen molar-refractivity contribution in [1.82, 2.24) is 9.78 Å². The van der Waals surface area contributed by atoms with E-state index in [1.807, 2.05) is 6.92 Å². The first-order valence-corrected chi connectivity index (χ1v) is 10.9. The average molecular weight is 410 g/mol. The molecule has 1 aromatic carbocycles. The molecule has 0 bridgehead atoms. The third kappa shape index (κ3) is 5.43. The van der Waals surface area contributed by atoms with Crippen LogP contribution in [0.25, 0.3) is 6.08 Å². The number of aryl methyl sites for hydroxylation is 2. The molecule has 146 valence electrons. The van der Waals surface area contributed by atoms with E-state index in [4.69, 9.17) is 11.6 Å². The van der Waals surface area contributed by atoms with Crippen molar-refractivity contribution in [3.63, 3.8) is 0 Å². The van der Waals surface area contributed by atoms with Gasteiger partial charge in [-0.2, -0.15) is 5.10 Å². The molecule has 0 aliphatic rings. The number of unbranched alkanes of at least 4 members (excludes halogenated alkanes) is 1. The number of halogens is 1. The van der Waals surface area contributed by atoms with E-state index in [0.717, 1.165) is 25.1 Å². The first-order chi connectivity index (χ1) is 12.8. The van der Waals surface area contributed by atoms with Crippen LogP contribution in [-0.2, 0) is 21.2 Å². The molecular weight excluding hydrogens is 386 g/mol. The molecule has 0 spiro atoms. The largest absolute Gasteiger partial charge is 0.323 e. The Bertz CT molecular complexity index is 932. The van der Waals surface area contributed by atoms with E-state index in [2.05, 4.69) is 17.3 Å². The monoisotopic (exact) mass is 409 g/mol. The third-order valence-electron chi connectivity index (χ3n) is 4.10. The topological polar surface area (TPSA) is 81.1 Å². The molecule has 2 aromatic rings. The van der Waals surface area contributed by atoms with Crippen LogP contribution in [0.3, 0.4) is 0 Å². The second-order valence-electron chi connectivity index (χ2n) is 6.12. The van der Waals surface area contributed by atoms with Crippen molar-refractivity contribution in [3.8, 4) is 0 Å². The Kier molecular flexibility index (Phi) is 7.21. The summed E-state index contributed by atoms with van der Waals surface area (Å²) in [5, 5.41) is 7.61. The molecule has 1 aromatic heterocycles. The van der Waals surface area contributed by atoms with Crippen LogP contribution in [0.15, 0.2) is 35.2 Å². The molecule has 2 rings (SSSR count). The predicted octanol–water partition coefficient (Wildman–Crippen LogP) is 4.09. The summed E-state index contributed by atoms with van der Waals surface area (Å²) in [5.74, 6) is -0.300. The number of nitrogens with zero attached hydrogens (tertiary/aromatic N) is 2. The van der Waals surface area contributed by atoms with Crippen molar-refractivity contribution in [2.75, 3.05) is 11.1 Å². The predicted molar refractivity (Wildman–Crippen MR) is 109 cm³/mol. The fourth-order valence-corrected chi connectivity index (χ4v) is 3.67. The standard InChI is InChI=1S/C19H24ClN3O3S/c1-4-6-13-23-19(20)17(14(3)22-23)11-12-18(24)21-15-7-9-16(10-8-15)27(25,26)5-2/h7-12H,4-6,13H2,1-3H3,(H,21,24)/b12-11+. The van der Waals surface area contributed by atoms with Crippen molar-refractivity contribution in [1.29, 1.82) is 0 Å². The number of hydrogen-bond acceptors (Lipinski definition) is 4. The number of hydrogen-bond donors (Lipinski definition) is 1. The van der Waals surface area contributed by atoms with Gasteiger partial charge in [-0.05, 0) is 43.7 Å². The van der Waals surface area contributed by atoms with Gasteiger partial charge < -0.3 is 5.32 Å². The molecule has 1 heterocycles. The minimum Gasteiger partial charge on any atom is -0.323 e. The lowest BCUT2D eigenvalue weighted by atomic mass is 10.2. The van der Waals surface area contributed by atoms with Crippen LogP contribution in [0.2, 0.25) is 5.15 Å². The van der Waals surface area contributed by atoms with E-state index in [1.54, 1.807) is 29.8 Å². The fraction of sp³-hybridized carbons (Fsp3) is 0.368. The molecule has 8 heteroatoms. The molecule has 1 amide bonds. The van der Waals surface area contributed by atoms with E-state index in [-0.39, 0.29) is 16.6 Å². The second kappa shape index (κ2) is 9.19. The SMILES string of the molecule is CCCCn1nc(C)c(/C=C/C(=O)Nc2ccc(S(=O)(=O)CC)cc2)c1Cl. The number of benzene rings is 1. The summed E-state index contributed by atoms with van der Waals surface area (Å²) in [4.78, 5) is 12.4. The van der Waals surface area contributed by atoms with Gasteiger partial charge in [0.25, 0.3) is 0 Å². The van der Waals surface area contributed by atoms with Gasteiger partial charge >= 0.3 is 0 Å². The van der Waals surface area contributed by atoms with Gasteiger partial charge in [0.05, 0.1) is 16.3 Å². The fourth-order valence-electron chi connectivity index (χ4n) is 2.47. The zero-order valence-corrected chi connectivity index (χ0v) is 17.3. The lowest BCUT2D eigenvalue weighted by molar-refractivity contribution is -0.111. The van der Waals surface area contributed by atoms with Crippen molar-refractivity contribution in [2.45, 2.75) is 45.1 Å². The van der Waals surface area contributed by atoms with Crippen LogP contribution in [0.1, 0.15) is 37.9 Å². The van der Waals surface area contributed by atoms with Crippen molar-refractivity contribution in [3.05, 3.63) is 46.8 Å². The van der Waals surface area contributed by atoms with Gasteiger partial charge in [-0.1, -0.05) is 31.9 Å². The van der Waals surface area contributed by atoms with Gasteiger partial charge in [-0.15, -0.1) is 0 Å². The number of rotatable bonds is 8. The summed E-state index contributed by atoms with van der Waals surface area (Å²) in [6.45, 7) is 6.27. The number of nitrogens with one attached hydrogen (secondary N) is 1. The van der Waals surface area contributed by atoms with Crippen LogP contribution in [0.5, 0.6) is 0 Å². The van der Waals surface area contributed by atoms with Gasteiger partial charge in [0.15, 0.2) is 9.84 Å². The number of amides is 1. The van der Waals surface area contributed by atoms with Crippen LogP contribution in [-0.4, -0.2) is 29.9 Å². The highest BCUT2D eigenvalue weighted by molar-refractivity contribution is 7.91. The highest BCUT2D eigenvalue weighted by Gasteiger charge is 2.12. The Balaban J connectivity index is 2.07. The van der Waals surface area contributed by atoms with Crippen molar-refractivity contribution in [2.24, 2.45) is 0 Å². The van der Waals surface area contributed by atoms with Gasteiger partial charge in [0.2, 0.25) is 5.91 Å². The third-order valence-corrected chi connectivity index (χ3v) is 6.24. The lowest BCUT2D eigenvalue weighted by Crippen LogP contribution is -2.08. The van der Waals surface area contributed by atoms with Gasteiger partial charge in [0.1, 0.15) is 5.15 Å². The van der Waals surface area contributed by atoms with Gasteiger partial charge in [-0.25, -0.2) is 8.42 Å². The number of carbonyl (C=O) groups is 1. The average Bonchev–Trinajstić information content (AvgIpc) is 2.92. The number of aromatic nitrogens is 2. The molecule has 0 saturated carbocycles. The molecule has 0 atom stereocenters. The maximum absolute atomic E-state index is 12.1. The van der Waals surface area contributed by atoms with Crippen molar-refractivity contribution >= 4 is 39.1 Å². The summed E-state index contributed by atoms with van der Waals surface area (Å²) in [5.41, 5.74) is 1.99. The zero-order valence-electron chi connectivity index (χ0n) is 15.7. The number of sulfone groups is 1. The van der Waals surface area contributed by atoms with E-state index in [0.29, 0.717) is 16.4 Å². The molecule has 27 heavy (non-hydrogen) atoms. The van der Waals surface area contributed by atoms with E-state index >= 15 is 0 Å². The van der Waals surface area contributed by atoms with Gasteiger partial charge in [0, 0.05) is 23.9 Å². The number of carbonyl (C=O) groups excluding carboxylic acids is 1. The number of anilines is 1. The molecular formula is C19H24ClN3O3S. The smallest absolute Gasteiger partial charge is 0.248 e. The first-order valence-electron chi connectivity index (χ1n) is 8.83. The quantitative estimate of drug-likeness (QED) is 0.666. The maximum Gasteiger partial charge on any atom is 0.248 e. The van der Waals surface area contributed by atoms with E-state index in [1.165, 1.54) is 18.2 Å². The molecule has 0 radical (unpaired) electrons. The first kappa shape index (κ1) is 21.2. The molecule has 1 N–H and O–H groups in total. The molecule has 0 aliphatic heterocycles. The molecule has 0 unspecified atom stereocenters. The molecule has 0 fully saturated rings. The summed E-state index contributed by atoms with van der Waals surface area (Å²) in [6, 6.07) is 6.10. The molecule has 6 nitrogen and oxygen atoms in total. The van der Waals surface area contributed by atoms with E-state index in [9.17, 15) is 13.2 Å². The minimum absolute atomic E-state index is 0.0352. The Morgan fingerprint density at radius 2 is 1.93 bits per heavy atom. The Labute approximate surface area is 165 Å². The second-order valence-corrected chi connectivity index (χ2v) is 8.75. The van der Waals surface area contributed by atoms with Crippen molar-refractivity contribution < 1.29 is 13.2 Å². The highest BCUT2D eigenvalue weighted by Crippen LogP contribution is 2.22. The van der Waals surface area contributed by atoms with Crippen LogP contribution in [0.4, 0.5) is 5.69 Å². The maximum atomic E-state index is 12.1. The molecule has 0 saturated heterocycles.